The number of hydrogen-bond donors (Lipinski definition) is 0. The first-order valence-corrected chi connectivity index (χ1v) is 12.8. The van der Waals surface area contributed by atoms with Gasteiger partial charge in [0.1, 0.15) is 11.5 Å². The summed E-state index contributed by atoms with van der Waals surface area (Å²) in [5.74, 6) is -0.662. The Morgan fingerprint density at radius 1 is 1.27 bits per heavy atom. The molecule has 0 bridgehead atoms. The van der Waals surface area contributed by atoms with Gasteiger partial charge >= 0.3 is 5.97 Å². The molecule has 0 fully saturated rings. The van der Waals surface area contributed by atoms with Gasteiger partial charge in [0.2, 0.25) is 0 Å². The van der Waals surface area contributed by atoms with Crippen LogP contribution in [0.3, 0.4) is 0 Å². The van der Waals surface area contributed by atoms with Crippen LogP contribution in [-0.4, -0.2) is 38.9 Å². The second-order valence-electron chi connectivity index (χ2n) is 8.32. The number of alkyl halides is 1. The van der Waals surface area contributed by atoms with Crippen LogP contribution in [0.15, 0.2) is 12.1 Å². The maximum absolute atomic E-state index is 15.7. The van der Waals surface area contributed by atoms with E-state index in [2.05, 4.69) is 21.0 Å². The van der Waals surface area contributed by atoms with Crippen LogP contribution in [0.1, 0.15) is 60.5 Å². The van der Waals surface area contributed by atoms with Gasteiger partial charge in [0, 0.05) is 42.0 Å². The zero-order valence-electron chi connectivity index (χ0n) is 19.5. The molecule has 178 valence electrons. The standard InChI is InChI=1S/C25H31BrFN3O3/c1-4-19-22-20(29(3)28-19)15-32-14-7-6-13-30-23-17(10-11-18(27)21(22)23)16(9-8-12-26)24(30)25(31)33-5-2/h10-11H,4-9,12-15H2,1-3H3. The zero-order chi connectivity index (χ0) is 23.5. The molecule has 0 aliphatic carbocycles. The summed E-state index contributed by atoms with van der Waals surface area (Å²) in [4.78, 5) is 13.2. The summed E-state index contributed by atoms with van der Waals surface area (Å²) in [5, 5.41) is 6.42. The highest BCUT2D eigenvalue weighted by Crippen LogP contribution is 2.41. The molecule has 6 nitrogen and oxygen atoms in total. The van der Waals surface area contributed by atoms with Gasteiger partial charge in [0.05, 0.1) is 30.1 Å². The number of halogens is 2. The summed E-state index contributed by atoms with van der Waals surface area (Å²) >= 11 is 3.52. The predicted molar refractivity (Wildman–Crippen MR) is 130 cm³/mol. The van der Waals surface area contributed by atoms with E-state index in [1.165, 1.54) is 6.07 Å². The highest BCUT2D eigenvalue weighted by molar-refractivity contribution is 9.09. The topological polar surface area (TPSA) is 58.3 Å². The maximum Gasteiger partial charge on any atom is 0.355 e. The number of fused-ring (bicyclic) bond motifs is 2. The number of aromatic nitrogens is 3. The summed E-state index contributed by atoms with van der Waals surface area (Å²) in [5.41, 5.74) is 5.21. The van der Waals surface area contributed by atoms with Crippen molar-refractivity contribution in [3.63, 3.8) is 0 Å². The van der Waals surface area contributed by atoms with Gasteiger partial charge in [0.25, 0.3) is 0 Å². The third kappa shape index (κ3) is 4.35. The number of benzene rings is 1. The number of rotatable bonds is 6. The molecule has 0 N–H and O–H groups in total. The quantitative estimate of drug-likeness (QED) is 0.316. The average molecular weight is 520 g/mol. The van der Waals surface area contributed by atoms with Gasteiger partial charge in [0.15, 0.2) is 0 Å². The molecule has 3 aromatic rings. The Morgan fingerprint density at radius 2 is 2.09 bits per heavy atom. The Hall–Kier alpha value is -2.19. The first kappa shape index (κ1) is 24.0. The fraction of sp³-hybridized carbons (Fsp3) is 0.520. The summed E-state index contributed by atoms with van der Waals surface area (Å²) in [7, 11) is 1.88. The monoisotopic (exact) mass is 519 g/mol. The lowest BCUT2D eigenvalue weighted by Crippen LogP contribution is -2.15. The summed E-state index contributed by atoms with van der Waals surface area (Å²) in [6.45, 7) is 5.69. The van der Waals surface area contributed by atoms with Gasteiger partial charge < -0.3 is 14.0 Å². The van der Waals surface area contributed by atoms with Crippen molar-refractivity contribution in [2.75, 3.05) is 18.5 Å². The van der Waals surface area contributed by atoms with Crippen molar-refractivity contribution in [1.29, 1.82) is 0 Å². The molecule has 0 saturated carbocycles. The van der Waals surface area contributed by atoms with Gasteiger partial charge in [-0.15, -0.1) is 0 Å². The maximum atomic E-state index is 15.7. The van der Waals surface area contributed by atoms with E-state index in [-0.39, 0.29) is 11.8 Å². The van der Waals surface area contributed by atoms with Gasteiger partial charge in [-0.2, -0.15) is 5.10 Å². The molecule has 0 spiro atoms. The Bertz CT molecular complexity index is 1170. The van der Waals surface area contributed by atoms with Crippen molar-refractivity contribution >= 4 is 32.8 Å². The van der Waals surface area contributed by atoms with E-state index in [0.717, 1.165) is 58.0 Å². The van der Waals surface area contributed by atoms with Crippen LogP contribution < -0.4 is 0 Å². The predicted octanol–water partition coefficient (Wildman–Crippen LogP) is 5.56. The van der Waals surface area contributed by atoms with Crippen molar-refractivity contribution in [1.82, 2.24) is 14.3 Å². The van der Waals surface area contributed by atoms with Crippen LogP contribution in [0, 0.1) is 5.82 Å². The SMILES string of the molecule is CCOC(=O)c1c(CCCBr)c2ccc(F)c3c2n1CCCCOCc1c-3c(CC)nn1C. The Kier molecular flexibility index (Phi) is 7.54. The largest absolute Gasteiger partial charge is 0.461 e. The van der Waals surface area contributed by atoms with Crippen LogP contribution in [-0.2, 0) is 42.5 Å². The summed E-state index contributed by atoms with van der Waals surface area (Å²) in [6, 6.07) is 3.33. The Labute approximate surface area is 202 Å². The van der Waals surface area contributed by atoms with Crippen LogP contribution in [0.5, 0.6) is 0 Å². The van der Waals surface area contributed by atoms with E-state index in [1.807, 2.05) is 31.5 Å². The van der Waals surface area contributed by atoms with Gasteiger partial charge in [-0.25, -0.2) is 9.18 Å². The summed E-state index contributed by atoms with van der Waals surface area (Å²) < 4.78 is 30.9. The lowest BCUT2D eigenvalue weighted by molar-refractivity contribution is 0.0512. The Balaban J connectivity index is 2.13. The molecule has 4 rings (SSSR count). The highest BCUT2D eigenvalue weighted by Gasteiger charge is 2.30. The molecule has 0 amide bonds. The molecule has 3 heterocycles. The van der Waals surface area contributed by atoms with E-state index in [9.17, 15) is 4.79 Å². The molecule has 0 saturated heterocycles. The third-order valence-electron chi connectivity index (χ3n) is 6.29. The molecule has 0 radical (unpaired) electrons. The molecule has 33 heavy (non-hydrogen) atoms. The molecular formula is C25H31BrFN3O3. The molecule has 1 aromatic carbocycles. The van der Waals surface area contributed by atoms with Gasteiger partial charge in [-0.3, -0.25) is 4.68 Å². The van der Waals surface area contributed by atoms with E-state index in [0.29, 0.717) is 50.5 Å². The van der Waals surface area contributed by atoms with Crippen molar-refractivity contribution < 1.29 is 18.7 Å². The molecule has 1 aliphatic rings. The molecular weight excluding hydrogens is 489 g/mol. The fourth-order valence-electron chi connectivity index (χ4n) is 4.85. The smallest absolute Gasteiger partial charge is 0.355 e. The van der Waals surface area contributed by atoms with Crippen molar-refractivity contribution in [2.45, 2.75) is 59.1 Å². The normalized spacial score (nSPS) is 14.2. The molecule has 2 aromatic heterocycles. The van der Waals surface area contributed by atoms with E-state index in [4.69, 9.17) is 9.47 Å². The van der Waals surface area contributed by atoms with Gasteiger partial charge in [-0.1, -0.05) is 22.9 Å². The Morgan fingerprint density at radius 3 is 2.82 bits per heavy atom. The van der Waals surface area contributed by atoms with Crippen LogP contribution in [0.2, 0.25) is 0 Å². The highest BCUT2D eigenvalue weighted by atomic mass is 79.9. The number of carbonyl (C=O) groups excluding carboxylic acids is 1. The van der Waals surface area contributed by atoms with Crippen LogP contribution >= 0.6 is 15.9 Å². The number of esters is 1. The average Bonchev–Trinajstić information content (AvgIpc) is 3.27. The fourth-order valence-corrected chi connectivity index (χ4v) is 5.13. The van der Waals surface area contributed by atoms with Crippen molar-refractivity contribution in [2.24, 2.45) is 7.05 Å². The minimum Gasteiger partial charge on any atom is -0.461 e. The minimum atomic E-state index is -0.349. The number of carbonyl (C=O) groups is 1. The van der Waals surface area contributed by atoms with Crippen LogP contribution in [0.25, 0.3) is 22.0 Å². The molecule has 8 heteroatoms. The molecule has 0 atom stereocenters. The van der Waals surface area contributed by atoms with Crippen molar-refractivity contribution in [3.05, 3.63) is 40.6 Å². The van der Waals surface area contributed by atoms with Crippen molar-refractivity contribution in [3.8, 4) is 11.1 Å². The summed E-state index contributed by atoms with van der Waals surface area (Å²) in [6.07, 6.45) is 3.90. The second kappa shape index (κ2) is 10.4. The van der Waals surface area contributed by atoms with E-state index >= 15 is 4.39 Å². The second-order valence-corrected chi connectivity index (χ2v) is 9.11. The molecule has 0 unspecified atom stereocenters. The molecule has 1 aliphatic heterocycles. The third-order valence-corrected chi connectivity index (χ3v) is 6.85. The minimum absolute atomic E-state index is 0.292. The number of ether oxygens (including phenoxy) is 2. The number of nitrogens with zero attached hydrogens (tertiary/aromatic N) is 3. The first-order chi connectivity index (χ1) is 16.0. The lowest BCUT2D eigenvalue weighted by atomic mass is 9.97. The lowest BCUT2D eigenvalue weighted by Gasteiger charge is -2.14. The number of aryl methyl sites for hydroxylation is 4. The van der Waals surface area contributed by atoms with E-state index in [1.54, 1.807) is 4.68 Å². The zero-order valence-corrected chi connectivity index (χ0v) is 21.1. The van der Waals surface area contributed by atoms with Gasteiger partial charge in [-0.05, 0) is 56.7 Å². The van der Waals surface area contributed by atoms with E-state index < -0.39 is 0 Å². The number of hydrogen-bond acceptors (Lipinski definition) is 4. The van der Waals surface area contributed by atoms with Crippen LogP contribution in [0.4, 0.5) is 4.39 Å². The first-order valence-electron chi connectivity index (χ1n) is 11.7.